The summed E-state index contributed by atoms with van der Waals surface area (Å²) in [6.07, 6.45) is 0.405. The standard InChI is InChI=1S/C10H12F2N2O/c1-2-8(13)10(15)14-9-6(11)4-3-5-7(9)12/h3-5,8H,2,13H2,1H3,(H,14,15). The van der Waals surface area contributed by atoms with Crippen LogP contribution in [0.25, 0.3) is 0 Å². The number of carbonyl (C=O) groups is 1. The van der Waals surface area contributed by atoms with E-state index in [0.29, 0.717) is 6.42 Å². The van der Waals surface area contributed by atoms with Crippen molar-refractivity contribution in [1.29, 1.82) is 0 Å². The number of carbonyl (C=O) groups excluding carboxylic acids is 1. The lowest BCUT2D eigenvalue weighted by molar-refractivity contribution is -0.117. The average molecular weight is 214 g/mol. The number of hydrogen-bond acceptors (Lipinski definition) is 2. The Morgan fingerprint density at radius 2 is 2.00 bits per heavy atom. The first-order valence-electron chi connectivity index (χ1n) is 4.56. The molecule has 15 heavy (non-hydrogen) atoms. The summed E-state index contributed by atoms with van der Waals surface area (Å²) in [6, 6.07) is 2.59. The van der Waals surface area contributed by atoms with Gasteiger partial charge in [0.2, 0.25) is 5.91 Å². The van der Waals surface area contributed by atoms with E-state index in [2.05, 4.69) is 5.32 Å². The number of amides is 1. The molecule has 3 N–H and O–H groups in total. The molecule has 0 aromatic heterocycles. The van der Waals surface area contributed by atoms with Crippen molar-refractivity contribution in [2.24, 2.45) is 5.73 Å². The minimum Gasteiger partial charge on any atom is -0.320 e. The van der Waals surface area contributed by atoms with Crippen molar-refractivity contribution in [2.75, 3.05) is 5.32 Å². The molecule has 0 spiro atoms. The number of hydrogen-bond donors (Lipinski definition) is 2. The first kappa shape index (κ1) is 11.6. The molecular weight excluding hydrogens is 202 g/mol. The number of anilines is 1. The fourth-order valence-electron chi connectivity index (χ4n) is 1.02. The Morgan fingerprint density at radius 3 is 2.47 bits per heavy atom. The van der Waals surface area contributed by atoms with Crippen LogP contribution in [0.3, 0.4) is 0 Å². The van der Waals surface area contributed by atoms with Gasteiger partial charge in [0.1, 0.15) is 17.3 Å². The van der Waals surface area contributed by atoms with Gasteiger partial charge in [-0.2, -0.15) is 0 Å². The topological polar surface area (TPSA) is 55.1 Å². The fraction of sp³-hybridized carbons (Fsp3) is 0.300. The third-order valence-electron chi connectivity index (χ3n) is 1.99. The summed E-state index contributed by atoms with van der Waals surface area (Å²) in [7, 11) is 0. The highest BCUT2D eigenvalue weighted by molar-refractivity contribution is 5.94. The van der Waals surface area contributed by atoms with Crippen LogP contribution in [0.2, 0.25) is 0 Å². The van der Waals surface area contributed by atoms with Crippen molar-refractivity contribution in [2.45, 2.75) is 19.4 Å². The second-order valence-electron chi connectivity index (χ2n) is 3.10. The number of nitrogens with two attached hydrogens (primary N) is 1. The second-order valence-corrected chi connectivity index (χ2v) is 3.10. The molecule has 5 heteroatoms. The maximum Gasteiger partial charge on any atom is 0.241 e. The van der Waals surface area contributed by atoms with E-state index in [0.717, 1.165) is 12.1 Å². The molecule has 0 aliphatic heterocycles. The van der Waals surface area contributed by atoms with Crippen molar-refractivity contribution < 1.29 is 13.6 Å². The Labute approximate surface area is 86.3 Å². The predicted octanol–water partition coefficient (Wildman–Crippen LogP) is 1.64. The monoisotopic (exact) mass is 214 g/mol. The summed E-state index contributed by atoms with van der Waals surface area (Å²) in [5, 5.41) is 2.12. The lowest BCUT2D eigenvalue weighted by Crippen LogP contribution is -2.35. The zero-order valence-corrected chi connectivity index (χ0v) is 8.26. The molecule has 0 radical (unpaired) electrons. The lowest BCUT2D eigenvalue weighted by Gasteiger charge is -2.11. The van der Waals surface area contributed by atoms with Gasteiger partial charge in [-0.15, -0.1) is 0 Å². The molecule has 1 atom stereocenters. The van der Waals surface area contributed by atoms with Crippen LogP contribution in [-0.2, 0) is 4.79 Å². The lowest BCUT2D eigenvalue weighted by atomic mass is 10.2. The maximum atomic E-state index is 13.1. The second kappa shape index (κ2) is 4.84. The molecule has 0 fully saturated rings. The van der Waals surface area contributed by atoms with Crippen LogP contribution in [0.4, 0.5) is 14.5 Å². The molecule has 1 aromatic carbocycles. The van der Waals surface area contributed by atoms with Crippen LogP contribution >= 0.6 is 0 Å². The van der Waals surface area contributed by atoms with Crippen LogP contribution in [0.15, 0.2) is 18.2 Å². The van der Waals surface area contributed by atoms with E-state index in [1.54, 1.807) is 6.92 Å². The van der Waals surface area contributed by atoms with Crippen LogP contribution in [0.5, 0.6) is 0 Å². The van der Waals surface area contributed by atoms with E-state index in [4.69, 9.17) is 5.73 Å². The minimum atomic E-state index is -0.813. The van der Waals surface area contributed by atoms with Crippen molar-refractivity contribution >= 4 is 11.6 Å². The van der Waals surface area contributed by atoms with E-state index in [1.165, 1.54) is 6.07 Å². The molecule has 0 aliphatic rings. The summed E-state index contributed by atoms with van der Waals surface area (Å²) in [6.45, 7) is 1.71. The van der Waals surface area contributed by atoms with Gasteiger partial charge in [-0.1, -0.05) is 13.0 Å². The summed E-state index contributed by atoms with van der Waals surface area (Å²) < 4.78 is 26.2. The van der Waals surface area contributed by atoms with Gasteiger partial charge in [-0.05, 0) is 18.6 Å². The van der Waals surface area contributed by atoms with Gasteiger partial charge in [-0.25, -0.2) is 8.78 Å². The SMILES string of the molecule is CCC(N)C(=O)Nc1c(F)cccc1F. The molecule has 1 amide bonds. The molecule has 1 aromatic rings. The predicted molar refractivity (Wildman–Crippen MR) is 53.3 cm³/mol. The Bertz CT molecular complexity index is 348. The number of para-hydroxylation sites is 1. The minimum absolute atomic E-state index is 0.405. The largest absolute Gasteiger partial charge is 0.320 e. The highest BCUT2D eigenvalue weighted by Crippen LogP contribution is 2.17. The third-order valence-corrected chi connectivity index (χ3v) is 1.99. The van der Waals surface area contributed by atoms with E-state index < -0.39 is 29.3 Å². The van der Waals surface area contributed by atoms with Gasteiger partial charge in [0.25, 0.3) is 0 Å². The van der Waals surface area contributed by atoms with Crippen LogP contribution in [-0.4, -0.2) is 11.9 Å². The molecular formula is C10H12F2N2O. The highest BCUT2D eigenvalue weighted by atomic mass is 19.1. The number of benzene rings is 1. The first-order valence-corrected chi connectivity index (χ1v) is 4.56. The van der Waals surface area contributed by atoms with Gasteiger partial charge in [0, 0.05) is 0 Å². The average Bonchev–Trinajstić information content (AvgIpc) is 2.22. The normalized spacial score (nSPS) is 12.3. The Hall–Kier alpha value is -1.49. The van der Waals surface area contributed by atoms with Gasteiger partial charge in [0.05, 0.1) is 6.04 Å². The Kier molecular flexibility index (Phi) is 3.74. The van der Waals surface area contributed by atoms with E-state index in [1.807, 2.05) is 0 Å². The van der Waals surface area contributed by atoms with E-state index in [-0.39, 0.29) is 0 Å². The van der Waals surface area contributed by atoms with Gasteiger partial charge >= 0.3 is 0 Å². The van der Waals surface area contributed by atoms with Crippen LogP contribution in [0.1, 0.15) is 13.3 Å². The van der Waals surface area contributed by atoms with Crippen molar-refractivity contribution in [3.63, 3.8) is 0 Å². The van der Waals surface area contributed by atoms with E-state index in [9.17, 15) is 13.6 Å². The van der Waals surface area contributed by atoms with Gasteiger partial charge in [-0.3, -0.25) is 4.79 Å². The number of halogens is 2. The van der Waals surface area contributed by atoms with Crippen LogP contribution < -0.4 is 11.1 Å². The molecule has 0 aliphatic carbocycles. The molecule has 0 saturated carbocycles. The maximum absolute atomic E-state index is 13.1. The van der Waals surface area contributed by atoms with Gasteiger partial charge in [0.15, 0.2) is 0 Å². The number of nitrogens with one attached hydrogen (secondary N) is 1. The summed E-state index contributed by atoms with van der Waals surface area (Å²) in [4.78, 5) is 11.3. The Morgan fingerprint density at radius 1 is 1.47 bits per heavy atom. The quantitative estimate of drug-likeness (QED) is 0.803. The van der Waals surface area contributed by atoms with E-state index >= 15 is 0 Å². The van der Waals surface area contributed by atoms with Crippen LogP contribution in [0, 0.1) is 11.6 Å². The zero-order chi connectivity index (χ0) is 11.4. The first-order chi connectivity index (χ1) is 7.06. The van der Waals surface area contributed by atoms with Crippen molar-refractivity contribution in [1.82, 2.24) is 0 Å². The smallest absolute Gasteiger partial charge is 0.241 e. The van der Waals surface area contributed by atoms with Gasteiger partial charge < -0.3 is 11.1 Å². The molecule has 3 nitrogen and oxygen atoms in total. The Balaban J connectivity index is 2.85. The van der Waals surface area contributed by atoms with Crippen molar-refractivity contribution in [3.8, 4) is 0 Å². The third kappa shape index (κ3) is 2.73. The molecule has 0 bridgehead atoms. The van der Waals surface area contributed by atoms with Crippen molar-refractivity contribution in [3.05, 3.63) is 29.8 Å². The summed E-state index contributed by atoms with van der Waals surface area (Å²) in [5.41, 5.74) is 4.96. The molecule has 82 valence electrons. The number of rotatable bonds is 3. The summed E-state index contributed by atoms with van der Waals surface area (Å²) >= 11 is 0. The molecule has 1 rings (SSSR count). The summed E-state index contributed by atoms with van der Waals surface area (Å²) in [5.74, 6) is -2.22. The fourth-order valence-corrected chi connectivity index (χ4v) is 1.02. The zero-order valence-electron chi connectivity index (χ0n) is 8.26. The molecule has 1 unspecified atom stereocenters. The molecule has 0 saturated heterocycles. The highest BCUT2D eigenvalue weighted by Gasteiger charge is 2.15. The molecule has 0 heterocycles.